The number of rotatable bonds is 4. The lowest BCUT2D eigenvalue weighted by Crippen LogP contribution is -2.19. The Bertz CT molecular complexity index is 701. The molecule has 0 aliphatic rings. The number of fused-ring (bicyclic) bond motifs is 1. The molecule has 0 aliphatic carbocycles. The van der Waals surface area contributed by atoms with Crippen LogP contribution in [-0.2, 0) is 13.5 Å². The number of hydrogen-bond donors (Lipinski definition) is 1. The van der Waals surface area contributed by atoms with Crippen molar-refractivity contribution in [1.82, 2.24) is 15.1 Å². The second-order valence-electron chi connectivity index (χ2n) is 5.06. The largest absolute Gasteiger partial charge is 0.311 e. The molecule has 3 nitrogen and oxygen atoms in total. The minimum absolute atomic E-state index is 0.225. The Labute approximate surface area is 119 Å². The number of likely N-dealkylation sites (N-methyl/N-ethyl adjacent to an activating group) is 1. The van der Waals surface area contributed by atoms with Crippen molar-refractivity contribution in [2.24, 2.45) is 7.05 Å². The molecule has 0 saturated carbocycles. The van der Waals surface area contributed by atoms with Crippen molar-refractivity contribution in [1.29, 1.82) is 0 Å². The first-order chi connectivity index (χ1) is 9.79. The van der Waals surface area contributed by atoms with E-state index in [0.29, 0.717) is 0 Å². The van der Waals surface area contributed by atoms with Crippen molar-refractivity contribution in [3.8, 4) is 0 Å². The van der Waals surface area contributed by atoms with Crippen molar-refractivity contribution >= 4 is 10.9 Å². The van der Waals surface area contributed by atoms with Gasteiger partial charge in [-0.05, 0) is 25.1 Å². The summed E-state index contributed by atoms with van der Waals surface area (Å²) in [6, 6.07) is 19.1. The maximum atomic E-state index is 4.71. The Morgan fingerprint density at radius 1 is 1.05 bits per heavy atom. The molecule has 3 heteroatoms. The molecule has 0 saturated heterocycles. The van der Waals surface area contributed by atoms with Crippen LogP contribution in [0.5, 0.6) is 0 Å². The molecule has 0 fully saturated rings. The number of aryl methyl sites for hydroxylation is 1. The summed E-state index contributed by atoms with van der Waals surface area (Å²) >= 11 is 0. The smallest absolute Gasteiger partial charge is 0.0875 e. The van der Waals surface area contributed by atoms with E-state index in [0.717, 1.165) is 12.1 Å². The average Bonchev–Trinajstić information content (AvgIpc) is 2.84. The Morgan fingerprint density at radius 3 is 2.50 bits per heavy atom. The molecule has 1 atom stereocenters. The van der Waals surface area contributed by atoms with Crippen LogP contribution in [0.1, 0.15) is 17.3 Å². The summed E-state index contributed by atoms with van der Waals surface area (Å²) in [7, 11) is 4.00. The fourth-order valence-electron chi connectivity index (χ4n) is 2.68. The molecule has 0 amide bonds. The van der Waals surface area contributed by atoms with Gasteiger partial charge < -0.3 is 5.32 Å². The van der Waals surface area contributed by atoms with Gasteiger partial charge in [0.1, 0.15) is 0 Å². The van der Waals surface area contributed by atoms with Gasteiger partial charge in [-0.3, -0.25) is 4.68 Å². The molecular weight excluding hydrogens is 246 g/mol. The van der Waals surface area contributed by atoms with Gasteiger partial charge in [0.05, 0.1) is 17.3 Å². The lowest BCUT2D eigenvalue weighted by Gasteiger charge is -2.14. The Morgan fingerprint density at radius 2 is 1.75 bits per heavy atom. The topological polar surface area (TPSA) is 29.9 Å². The fourth-order valence-corrected chi connectivity index (χ4v) is 2.68. The molecule has 20 heavy (non-hydrogen) atoms. The van der Waals surface area contributed by atoms with Gasteiger partial charge in [0.2, 0.25) is 0 Å². The lowest BCUT2D eigenvalue weighted by atomic mass is 10.0. The normalized spacial score (nSPS) is 12.7. The number of hydrogen-bond acceptors (Lipinski definition) is 2. The van der Waals surface area contributed by atoms with Gasteiger partial charge in [-0.15, -0.1) is 0 Å². The first kappa shape index (κ1) is 12.9. The quantitative estimate of drug-likeness (QED) is 0.785. The zero-order valence-corrected chi connectivity index (χ0v) is 11.9. The van der Waals surface area contributed by atoms with Crippen molar-refractivity contribution in [2.75, 3.05) is 7.05 Å². The van der Waals surface area contributed by atoms with Gasteiger partial charge in [-0.2, -0.15) is 5.10 Å². The molecule has 0 radical (unpaired) electrons. The average molecular weight is 265 g/mol. The summed E-state index contributed by atoms with van der Waals surface area (Å²) in [5.74, 6) is 0. The number of nitrogens with zero attached hydrogens (tertiary/aromatic N) is 2. The molecule has 1 N–H and O–H groups in total. The van der Waals surface area contributed by atoms with E-state index in [-0.39, 0.29) is 6.04 Å². The maximum absolute atomic E-state index is 4.71. The van der Waals surface area contributed by atoms with Crippen LogP contribution in [0.15, 0.2) is 54.6 Å². The van der Waals surface area contributed by atoms with Crippen LogP contribution >= 0.6 is 0 Å². The molecule has 0 bridgehead atoms. The molecule has 1 unspecified atom stereocenters. The number of aromatic nitrogens is 2. The van der Waals surface area contributed by atoms with Crippen LogP contribution < -0.4 is 5.32 Å². The molecule has 3 aromatic rings. The van der Waals surface area contributed by atoms with Crippen LogP contribution in [0.4, 0.5) is 0 Å². The summed E-state index contributed by atoms with van der Waals surface area (Å²) in [4.78, 5) is 0. The monoisotopic (exact) mass is 265 g/mol. The fraction of sp³-hybridized carbons (Fsp3) is 0.235. The van der Waals surface area contributed by atoms with Gasteiger partial charge in [0.25, 0.3) is 0 Å². The minimum Gasteiger partial charge on any atom is -0.311 e. The molecule has 102 valence electrons. The lowest BCUT2D eigenvalue weighted by molar-refractivity contribution is 0.567. The second kappa shape index (κ2) is 5.47. The third-order valence-electron chi connectivity index (χ3n) is 3.75. The zero-order chi connectivity index (χ0) is 13.9. The van der Waals surface area contributed by atoms with E-state index in [1.807, 2.05) is 24.8 Å². The SMILES string of the molecule is CNC(Cc1ccccc1)c1nn(C)c2ccccc12. The van der Waals surface area contributed by atoms with Crippen molar-refractivity contribution in [3.05, 3.63) is 65.9 Å². The Balaban J connectivity index is 1.99. The number of benzene rings is 2. The first-order valence-corrected chi connectivity index (χ1v) is 6.92. The standard InChI is InChI=1S/C17H19N3/c1-18-15(12-13-8-4-3-5-9-13)17-14-10-6-7-11-16(14)20(2)19-17/h3-11,15,18H,12H2,1-2H3. The van der Waals surface area contributed by atoms with E-state index >= 15 is 0 Å². The van der Waals surface area contributed by atoms with Crippen LogP contribution in [0.2, 0.25) is 0 Å². The van der Waals surface area contributed by atoms with E-state index in [2.05, 4.69) is 53.8 Å². The summed E-state index contributed by atoms with van der Waals surface area (Å²) < 4.78 is 1.96. The van der Waals surface area contributed by atoms with E-state index in [4.69, 9.17) is 5.10 Å². The number of para-hydroxylation sites is 1. The summed E-state index contributed by atoms with van der Waals surface area (Å²) in [6.07, 6.45) is 0.943. The molecule has 0 aliphatic heterocycles. The molecular formula is C17H19N3. The molecule has 2 aromatic carbocycles. The third kappa shape index (κ3) is 2.32. The Hall–Kier alpha value is -2.13. The van der Waals surface area contributed by atoms with Crippen LogP contribution in [0.3, 0.4) is 0 Å². The summed E-state index contributed by atoms with van der Waals surface area (Å²) in [5, 5.41) is 9.33. The van der Waals surface area contributed by atoms with Gasteiger partial charge in [-0.1, -0.05) is 48.5 Å². The second-order valence-corrected chi connectivity index (χ2v) is 5.06. The zero-order valence-electron chi connectivity index (χ0n) is 11.9. The van der Waals surface area contributed by atoms with Gasteiger partial charge in [0, 0.05) is 12.4 Å². The summed E-state index contributed by atoms with van der Waals surface area (Å²) in [6.45, 7) is 0. The molecule has 0 spiro atoms. The van der Waals surface area contributed by atoms with E-state index in [9.17, 15) is 0 Å². The van der Waals surface area contributed by atoms with E-state index in [1.54, 1.807) is 0 Å². The van der Waals surface area contributed by atoms with Crippen molar-refractivity contribution < 1.29 is 0 Å². The highest BCUT2D eigenvalue weighted by Gasteiger charge is 2.17. The molecule has 3 rings (SSSR count). The van der Waals surface area contributed by atoms with Gasteiger partial charge in [0.15, 0.2) is 0 Å². The predicted octanol–water partition coefficient (Wildman–Crippen LogP) is 3.08. The highest BCUT2D eigenvalue weighted by Crippen LogP contribution is 2.25. The Kier molecular flexibility index (Phi) is 3.52. The van der Waals surface area contributed by atoms with Crippen LogP contribution in [0.25, 0.3) is 10.9 Å². The predicted molar refractivity (Wildman–Crippen MR) is 82.7 cm³/mol. The van der Waals surface area contributed by atoms with Gasteiger partial charge >= 0.3 is 0 Å². The summed E-state index contributed by atoms with van der Waals surface area (Å²) in [5.41, 5.74) is 3.62. The van der Waals surface area contributed by atoms with Gasteiger partial charge in [-0.25, -0.2) is 0 Å². The number of nitrogens with one attached hydrogen (secondary N) is 1. The third-order valence-corrected chi connectivity index (χ3v) is 3.75. The van der Waals surface area contributed by atoms with Crippen LogP contribution in [-0.4, -0.2) is 16.8 Å². The maximum Gasteiger partial charge on any atom is 0.0875 e. The molecule has 1 aromatic heterocycles. The van der Waals surface area contributed by atoms with Crippen LogP contribution in [0, 0.1) is 0 Å². The van der Waals surface area contributed by atoms with Crippen molar-refractivity contribution in [2.45, 2.75) is 12.5 Å². The first-order valence-electron chi connectivity index (χ1n) is 6.92. The van der Waals surface area contributed by atoms with Crippen molar-refractivity contribution in [3.63, 3.8) is 0 Å². The molecule has 1 heterocycles. The van der Waals surface area contributed by atoms with E-state index in [1.165, 1.54) is 16.5 Å². The highest BCUT2D eigenvalue weighted by atomic mass is 15.3. The minimum atomic E-state index is 0.225. The van der Waals surface area contributed by atoms with E-state index < -0.39 is 0 Å². The highest BCUT2D eigenvalue weighted by molar-refractivity contribution is 5.82.